The second-order valence-corrected chi connectivity index (χ2v) is 5.98. The van der Waals surface area contributed by atoms with Crippen molar-refractivity contribution in [1.29, 1.82) is 0 Å². The fourth-order valence-electron chi connectivity index (χ4n) is 2.49. The van der Waals surface area contributed by atoms with Crippen LogP contribution in [0.3, 0.4) is 0 Å². The van der Waals surface area contributed by atoms with Gasteiger partial charge in [-0.15, -0.1) is 0 Å². The molecule has 2 rings (SSSR count). The first-order chi connectivity index (χ1) is 8.95. The quantitative estimate of drug-likeness (QED) is 0.829. The Hall–Kier alpha value is -0.550. The van der Waals surface area contributed by atoms with Gasteiger partial charge in [0.2, 0.25) is 0 Å². The molecule has 1 fully saturated rings. The molecule has 0 spiro atoms. The first kappa shape index (κ1) is 14.9. The van der Waals surface area contributed by atoms with Gasteiger partial charge in [-0.2, -0.15) is 13.2 Å². The molecular formula is C14H17BrF3N. The van der Waals surface area contributed by atoms with Crippen LogP contribution in [0, 0.1) is 0 Å². The molecule has 1 aliphatic carbocycles. The van der Waals surface area contributed by atoms with E-state index >= 15 is 0 Å². The lowest BCUT2D eigenvalue weighted by Crippen LogP contribution is -2.30. The molecule has 0 unspecified atom stereocenters. The fraction of sp³-hybridized carbons (Fsp3) is 0.571. The summed E-state index contributed by atoms with van der Waals surface area (Å²) < 4.78 is 38.6. The van der Waals surface area contributed by atoms with Crippen molar-refractivity contribution in [2.45, 2.75) is 50.9 Å². The van der Waals surface area contributed by atoms with E-state index in [0.717, 1.165) is 18.9 Å². The molecule has 0 saturated heterocycles. The van der Waals surface area contributed by atoms with E-state index in [4.69, 9.17) is 0 Å². The Balaban J connectivity index is 2.01. The van der Waals surface area contributed by atoms with Crippen LogP contribution in [-0.4, -0.2) is 6.04 Å². The van der Waals surface area contributed by atoms with E-state index in [1.165, 1.54) is 25.3 Å². The van der Waals surface area contributed by atoms with Crippen LogP contribution in [0.5, 0.6) is 0 Å². The molecule has 0 aliphatic heterocycles. The molecule has 1 nitrogen and oxygen atoms in total. The maximum Gasteiger partial charge on any atom is 0.416 e. The Morgan fingerprint density at radius 2 is 1.79 bits per heavy atom. The molecule has 1 aromatic rings. The van der Waals surface area contributed by atoms with Crippen LogP contribution in [0.15, 0.2) is 22.7 Å². The fourth-order valence-corrected chi connectivity index (χ4v) is 3.03. The zero-order chi connectivity index (χ0) is 13.9. The lowest BCUT2D eigenvalue weighted by molar-refractivity contribution is -0.137. The summed E-state index contributed by atoms with van der Waals surface area (Å²) in [6, 6.07) is 4.53. The number of hydrogen-bond acceptors (Lipinski definition) is 1. The molecule has 5 heteroatoms. The van der Waals surface area contributed by atoms with Gasteiger partial charge in [-0.05, 0) is 36.6 Å². The highest BCUT2D eigenvalue weighted by Gasteiger charge is 2.31. The van der Waals surface area contributed by atoms with Crippen LogP contribution >= 0.6 is 15.9 Å². The summed E-state index contributed by atoms with van der Waals surface area (Å²) in [5.41, 5.74) is 0.0783. The third kappa shape index (κ3) is 4.49. The molecule has 1 aliphatic rings. The van der Waals surface area contributed by atoms with Gasteiger partial charge in [0, 0.05) is 17.1 Å². The third-order valence-corrected chi connectivity index (χ3v) is 3.94. The molecule has 0 amide bonds. The maximum atomic E-state index is 12.7. The predicted octanol–water partition coefficient (Wildman–Crippen LogP) is 4.89. The first-order valence-electron chi connectivity index (χ1n) is 6.55. The van der Waals surface area contributed by atoms with Crippen molar-refractivity contribution in [3.63, 3.8) is 0 Å². The van der Waals surface area contributed by atoms with E-state index < -0.39 is 11.7 Å². The highest BCUT2D eigenvalue weighted by atomic mass is 79.9. The van der Waals surface area contributed by atoms with Gasteiger partial charge in [0.15, 0.2) is 0 Å². The molecular weight excluding hydrogens is 319 g/mol. The van der Waals surface area contributed by atoms with Crippen LogP contribution < -0.4 is 5.32 Å². The molecule has 19 heavy (non-hydrogen) atoms. The van der Waals surface area contributed by atoms with E-state index in [9.17, 15) is 13.2 Å². The summed E-state index contributed by atoms with van der Waals surface area (Å²) in [6.45, 7) is 0.493. The summed E-state index contributed by atoms with van der Waals surface area (Å²) in [6.07, 6.45) is 1.66. The van der Waals surface area contributed by atoms with Crippen LogP contribution in [0.25, 0.3) is 0 Å². The molecule has 1 N–H and O–H groups in total. The molecule has 0 aromatic heterocycles. The van der Waals surface area contributed by atoms with Crippen molar-refractivity contribution in [1.82, 2.24) is 5.32 Å². The van der Waals surface area contributed by atoms with Gasteiger partial charge in [0.05, 0.1) is 5.56 Å². The number of nitrogens with one attached hydrogen (secondary N) is 1. The third-order valence-electron chi connectivity index (χ3n) is 3.48. The van der Waals surface area contributed by atoms with Gasteiger partial charge in [0.1, 0.15) is 0 Å². The van der Waals surface area contributed by atoms with E-state index in [2.05, 4.69) is 21.2 Å². The smallest absolute Gasteiger partial charge is 0.310 e. The van der Waals surface area contributed by atoms with Gasteiger partial charge >= 0.3 is 6.18 Å². The second kappa shape index (κ2) is 6.27. The summed E-state index contributed by atoms with van der Waals surface area (Å²) in [7, 11) is 0. The average molecular weight is 336 g/mol. The Bertz CT molecular complexity index is 425. The van der Waals surface area contributed by atoms with Gasteiger partial charge in [-0.3, -0.25) is 0 Å². The molecule has 0 heterocycles. The lowest BCUT2D eigenvalue weighted by atomic mass is 9.95. The first-order valence-corrected chi connectivity index (χ1v) is 7.34. The predicted molar refractivity (Wildman–Crippen MR) is 72.9 cm³/mol. The monoisotopic (exact) mass is 335 g/mol. The minimum atomic E-state index is -4.29. The van der Waals surface area contributed by atoms with Crippen molar-refractivity contribution in [3.05, 3.63) is 33.8 Å². The molecule has 106 valence electrons. The topological polar surface area (TPSA) is 12.0 Å². The Kier molecular flexibility index (Phi) is 4.90. The van der Waals surface area contributed by atoms with E-state index in [0.29, 0.717) is 22.6 Å². The molecule has 0 atom stereocenters. The highest BCUT2D eigenvalue weighted by molar-refractivity contribution is 9.10. The van der Waals surface area contributed by atoms with Crippen LogP contribution in [0.4, 0.5) is 13.2 Å². The van der Waals surface area contributed by atoms with E-state index in [-0.39, 0.29) is 0 Å². The van der Waals surface area contributed by atoms with Crippen molar-refractivity contribution < 1.29 is 13.2 Å². The Labute approximate surface area is 119 Å². The SMILES string of the molecule is FC(F)(F)c1cc(Br)cc(CNC2CCCCC2)c1. The molecule has 1 aromatic carbocycles. The summed E-state index contributed by atoms with van der Waals surface area (Å²) >= 11 is 3.14. The van der Waals surface area contributed by atoms with Crippen LogP contribution in [-0.2, 0) is 12.7 Å². The second-order valence-electron chi connectivity index (χ2n) is 5.06. The van der Waals surface area contributed by atoms with Gasteiger partial charge in [0.25, 0.3) is 0 Å². The van der Waals surface area contributed by atoms with Gasteiger partial charge in [-0.25, -0.2) is 0 Å². The summed E-state index contributed by atoms with van der Waals surface area (Å²) in [4.78, 5) is 0. The Morgan fingerprint density at radius 3 is 2.42 bits per heavy atom. The minimum absolute atomic E-state index is 0.446. The normalized spacial score (nSPS) is 17.7. The number of alkyl halides is 3. The van der Waals surface area contributed by atoms with Gasteiger partial charge in [-0.1, -0.05) is 35.2 Å². The van der Waals surface area contributed by atoms with E-state index in [1.54, 1.807) is 6.07 Å². The largest absolute Gasteiger partial charge is 0.416 e. The molecule has 0 radical (unpaired) electrons. The zero-order valence-corrected chi connectivity index (χ0v) is 12.1. The standard InChI is InChI=1S/C14H17BrF3N/c15-12-7-10(6-11(8-12)14(16,17)18)9-19-13-4-2-1-3-5-13/h6-8,13,19H,1-5,9H2. The minimum Gasteiger partial charge on any atom is -0.310 e. The maximum absolute atomic E-state index is 12.7. The number of benzene rings is 1. The zero-order valence-electron chi connectivity index (χ0n) is 10.6. The number of halogens is 4. The van der Waals surface area contributed by atoms with Crippen LogP contribution in [0.2, 0.25) is 0 Å². The van der Waals surface area contributed by atoms with E-state index in [1.807, 2.05) is 0 Å². The van der Waals surface area contributed by atoms with Crippen molar-refractivity contribution in [2.24, 2.45) is 0 Å². The van der Waals surface area contributed by atoms with Crippen molar-refractivity contribution >= 4 is 15.9 Å². The molecule has 1 saturated carbocycles. The van der Waals surface area contributed by atoms with Gasteiger partial charge < -0.3 is 5.32 Å². The number of hydrogen-bond donors (Lipinski definition) is 1. The van der Waals surface area contributed by atoms with Crippen molar-refractivity contribution in [3.8, 4) is 0 Å². The average Bonchev–Trinajstić information content (AvgIpc) is 2.36. The lowest BCUT2D eigenvalue weighted by Gasteiger charge is -2.23. The highest BCUT2D eigenvalue weighted by Crippen LogP contribution is 2.32. The van der Waals surface area contributed by atoms with Crippen molar-refractivity contribution in [2.75, 3.05) is 0 Å². The van der Waals surface area contributed by atoms with Crippen LogP contribution in [0.1, 0.15) is 43.2 Å². The molecule has 0 bridgehead atoms. The Morgan fingerprint density at radius 1 is 1.11 bits per heavy atom. The summed E-state index contributed by atoms with van der Waals surface area (Å²) in [5, 5.41) is 3.36. The number of rotatable bonds is 3. The summed E-state index contributed by atoms with van der Waals surface area (Å²) in [5.74, 6) is 0.